The van der Waals surface area contributed by atoms with Gasteiger partial charge in [-0.2, -0.15) is 0 Å². The molecule has 1 aliphatic carbocycles. The van der Waals surface area contributed by atoms with Crippen LogP contribution in [0.25, 0.3) is 0 Å². The molecular weight excluding hydrogens is 96.1 g/mol. The van der Waals surface area contributed by atoms with E-state index in [4.69, 9.17) is 0 Å². The first-order valence-electron chi connectivity index (χ1n) is 3.14. The summed E-state index contributed by atoms with van der Waals surface area (Å²) in [6.07, 6.45) is 7.75. The Kier molecular flexibility index (Phi) is 1.52. The number of rotatable bonds is 2. The van der Waals surface area contributed by atoms with Crippen molar-refractivity contribution < 1.29 is 0 Å². The summed E-state index contributed by atoms with van der Waals surface area (Å²) in [6, 6.07) is 0. The highest BCUT2D eigenvalue weighted by molar-refractivity contribution is 5.07. The van der Waals surface area contributed by atoms with Crippen LogP contribution >= 0.6 is 0 Å². The van der Waals surface area contributed by atoms with Crippen LogP contribution < -0.4 is 0 Å². The van der Waals surface area contributed by atoms with Crippen molar-refractivity contribution in [2.45, 2.75) is 13.3 Å². The molecule has 0 heteroatoms. The Morgan fingerprint density at radius 1 is 1.50 bits per heavy atom. The Labute approximate surface area is 50.9 Å². The molecule has 0 aliphatic heterocycles. The van der Waals surface area contributed by atoms with E-state index in [1.54, 1.807) is 0 Å². The largest absolute Gasteiger partial charge is 0.103 e. The van der Waals surface area contributed by atoms with Crippen LogP contribution in [-0.4, -0.2) is 0 Å². The standard InChI is InChI=1S/C8H12/c1-3-5-8-6-7(8)4-2/h3-5,7-8H,2,6H2,1H3/b5-3+/t7-,8+/m0/s1. The Morgan fingerprint density at radius 2 is 2.25 bits per heavy atom. The van der Waals surface area contributed by atoms with Crippen LogP contribution in [0, 0.1) is 11.8 Å². The second-order valence-corrected chi connectivity index (χ2v) is 2.32. The molecule has 0 bridgehead atoms. The molecule has 0 N–H and O–H groups in total. The summed E-state index contributed by atoms with van der Waals surface area (Å²) in [4.78, 5) is 0. The predicted molar refractivity (Wildman–Crippen MR) is 36.6 cm³/mol. The highest BCUT2D eigenvalue weighted by Crippen LogP contribution is 2.40. The zero-order chi connectivity index (χ0) is 5.98. The van der Waals surface area contributed by atoms with E-state index in [0.717, 1.165) is 11.8 Å². The fourth-order valence-electron chi connectivity index (χ4n) is 0.975. The third-order valence-electron chi connectivity index (χ3n) is 1.63. The summed E-state index contributed by atoms with van der Waals surface area (Å²) in [6.45, 7) is 5.79. The highest BCUT2D eigenvalue weighted by Gasteiger charge is 2.30. The van der Waals surface area contributed by atoms with Crippen molar-refractivity contribution in [2.75, 3.05) is 0 Å². The van der Waals surface area contributed by atoms with Crippen molar-refractivity contribution >= 4 is 0 Å². The topological polar surface area (TPSA) is 0 Å². The predicted octanol–water partition coefficient (Wildman–Crippen LogP) is 2.38. The molecule has 1 aliphatic rings. The van der Waals surface area contributed by atoms with Crippen molar-refractivity contribution in [3.63, 3.8) is 0 Å². The van der Waals surface area contributed by atoms with Gasteiger partial charge in [-0.3, -0.25) is 0 Å². The van der Waals surface area contributed by atoms with Gasteiger partial charge < -0.3 is 0 Å². The van der Waals surface area contributed by atoms with Crippen molar-refractivity contribution in [3.8, 4) is 0 Å². The summed E-state index contributed by atoms with van der Waals surface area (Å²) in [5.74, 6) is 1.63. The van der Waals surface area contributed by atoms with Crippen molar-refractivity contribution in [1.29, 1.82) is 0 Å². The fourth-order valence-corrected chi connectivity index (χ4v) is 0.975. The van der Waals surface area contributed by atoms with E-state index in [9.17, 15) is 0 Å². The van der Waals surface area contributed by atoms with Crippen LogP contribution in [0.2, 0.25) is 0 Å². The average molecular weight is 108 g/mol. The summed E-state index contributed by atoms with van der Waals surface area (Å²) in [5.41, 5.74) is 0. The molecule has 0 heterocycles. The first kappa shape index (κ1) is 5.61. The molecule has 44 valence electrons. The van der Waals surface area contributed by atoms with E-state index in [2.05, 4.69) is 25.7 Å². The van der Waals surface area contributed by atoms with Gasteiger partial charge in [0.2, 0.25) is 0 Å². The quantitative estimate of drug-likeness (QED) is 0.476. The van der Waals surface area contributed by atoms with E-state index < -0.39 is 0 Å². The van der Waals surface area contributed by atoms with E-state index in [-0.39, 0.29) is 0 Å². The summed E-state index contributed by atoms with van der Waals surface area (Å²) >= 11 is 0. The SMILES string of the molecule is C=C[C@H]1C[C@H]1/C=C/C. The lowest BCUT2D eigenvalue weighted by Gasteiger charge is -1.78. The van der Waals surface area contributed by atoms with Gasteiger partial charge in [0.05, 0.1) is 0 Å². The second-order valence-electron chi connectivity index (χ2n) is 2.32. The Morgan fingerprint density at radius 3 is 2.62 bits per heavy atom. The molecule has 0 unspecified atom stereocenters. The Bertz CT molecular complexity index is 111. The second kappa shape index (κ2) is 2.17. The molecule has 0 aromatic rings. The molecular formula is C8H12. The molecule has 0 aromatic heterocycles. The van der Waals surface area contributed by atoms with E-state index >= 15 is 0 Å². The van der Waals surface area contributed by atoms with Crippen molar-refractivity contribution in [3.05, 3.63) is 24.8 Å². The maximum atomic E-state index is 3.72. The molecule has 1 rings (SSSR count). The van der Waals surface area contributed by atoms with E-state index in [1.807, 2.05) is 6.08 Å². The minimum absolute atomic E-state index is 0.797. The normalized spacial score (nSPS) is 35.6. The molecule has 0 amide bonds. The zero-order valence-electron chi connectivity index (χ0n) is 5.30. The molecule has 8 heavy (non-hydrogen) atoms. The molecule has 0 aromatic carbocycles. The Balaban J connectivity index is 2.26. The third-order valence-corrected chi connectivity index (χ3v) is 1.63. The van der Waals surface area contributed by atoms with Crippen molar-refractivity contribution in [2.24, 2.45) is 11.8 Å². The number of allylic oxidation sites excluding steroid dienone is 3. The van der Waals surface area contributed by atoms with Crippen LogP contribution in [0.1, 0.15) is 13.3 Å². The van der Waals surface area contributed by atoms with Crippen LogP contribution in [0.4, 0.5) is 0 Å². The number of hydrogen-bond donors (Lipinski definition) is 0. The molecule has 1 saturated carbocycles. The molecule has 0 nitrogen and oxygen atoms in total. The molecule has 2 atom stereocenters. The van der Waals surface area contributed by atoms with Crippen LogP contribution in [0.5, 0.6) is 0 Å². The third kappa shape index (κ3) is 1.00. The minimum Gasteiger partial charge on any atom is -0.103 e. The molecule has 0 spiro atoms. The first-order valence-corrected chi connectivity index (χ1v) is 3.14. The Hall–Kier alpha value is -0.520. The summed E-state index contributed by atoms with van der Waals surface area (Å²) in [7, 11) is 0. The van der Waals surface area contributed by atoms with Gasteiger partial charge in [0, 0.05) is 0 Å². The first-order chi connectivity index (χ1) is 3.88. The zero-order valence-corrected chi connectivity index (χ0v) is 5.30. The van der Waals surface area contributed by atoms with Crippen LogP contribution in [0.15, 0.2) is 24.8 Å². The molecule has 0 radical (unpaired) electrons. The van der Waals surface area contributed by atoms with Gasteiger partial charge >= 0.3 is 0 Å². The highest BCUT2D eigenvalue weighted by atomic mass is 14.3. The lowest BCUT2D eigenvalue weighted by molar-refractivity contribution is 0.996. The molecule has 1 fully saturated rings. The van der Waals surface area contributed by atoms with Gasteiger partial charge in [-0.25, -0.2) is 0 Å². The van der Waals surface area contributed by atoms with Gasteiger partial charge in [0.15, 0.2) is 0 Å². The lowest BCUT2D eigenvalue weighted by Crippen LogP contribution is -1.67. The van der Waals surface area contributed by atoms with Gasteiger partial charge in [-0.05, 0) is 25.2 Å². The van der Waals surface area contributed by atoms with Gasteiger partial charge in [-0.15, -0.1) is 6.58 Å². The maximum absolute atomic E-state index is 3.72. The van der Waals surface area contributed by atoms with Crippen LogP contribution in [0.3, 0.4) is 0 Å². The summed E-state index contributed by atoms with van der Waals surface area (Å²) < 4.78 is 0. The monoisotopic (exact) mass is 108 g/mol. The van der Waals surface area contributed by atoms with Crippen LogP contribution in [-0.2, 0) is 0 Å². The van der Waals surface area contributed by atoms with Crippen molar-refractivity contribution in [1.82, 2.24) is 0 Å². The smallest absolute Gasteiger partial charge is 0.0165 e. The lowest BCUT2D eigenvalue weighted by atomic mass is 10.3. The average Bonchev–Trinajstić information content (AvgIpc) is 2.48. The maximum Gasteiger partial charge on any atom is -0.0165 e. The summed E-state index contributed by atoms with van der Waals surface area (Å²) in [5, 5.41) is 0. The molecule has 0 saturated heterocycles. The van der Waals surface area contributed by atoms with E-state index in [0.29, 0.717) is 0 Å². The van der Waals surface area contributed by atoms with E-state index in [1.165, 1.54) is 6.42 Å². The fraction of sp³-hybridized carbons (Fsp3) is 0.500. The minimum atomic E-state index is 0.797. The number of hydrogen-bond acceptors (Lipinski definition) is 0. The van der Waals surface area contributed by atoms with Gasteiger partial charge in [-0.1, -0.05) is 18.2 Å². The van der Waals surface area contributed by atoms with Gasteiger partial charge in [0.1, 0.15) is 0 Å². The van der Waals surface area contributed by atoms with Gasteiger partial charge in [0.25, 0.3) is 0 Å².